The number of benzene rings is 2. The van der Waals surface area contributed by atoms with Crippen LogP contribution in [0, 0.1) is 0 Å². The number of methoxy groups -OCH3 is 1. The third-order valence-electron chi connectivity index (χ3n) is 2.99. The highest BCUT2D eigenvalue weighted by atomic mass is 35.5. The van der Waals surface area contributed by atoms with Crippen LogP contribution in [-0.4, -0.2) is 24.2 Å². The van der Waals surface area contributed by atoms with Gasteiger partial charge in [0.25, 0.3) is 0 Å². The second-order valence-electron chi connectivity index (χ2n) is 4.40. The number of nitrogens with zero attached hydrogens (tertiary/aromatic N) is 1. The van der Waals surface area contributed by atoms with Crippen LogP contribution in [0.4, 0.5) is 11.4 Å². The molecule has 1 amide bonds. The number of anilines is 2. The van der Waals surface area contributed by atoms with Gasteiger partial charge in [0.15, 0.2) is 0 Å². The van der Waals surface area contributed by atoms with E-state index < -0.39 is 17.1 Å². The topological polar surface area (TPSA) is 63.7 Å². The largest absolute Gasteiger partial charge is 0.465 e. The summed E-state index contributed by atoms with van der Waals surface area (Å²) in [6.45, 7) is 0. The van der Waals surface area contributed by atoms with Crippen molar-refractivity contribution in [3.63, 3.8) is 0 Å². The maximum absolute atomic E-state index is 12.3. The number of rotatable bonds is 4. The lowest BCUT2D eigenvalue weighted by Gasteiger charge is -2.23. The molecule has 0 bridgehead atoms. The molecule has 5 nitrogen and oxygen atoms in total. The van der Waals surface area contributed by atoms with Crippen molar-refractivity contribution < 1.29 is 19.1 Å². The Morgan fingerprint density at radius 3 is 2.26 bits per heavy atom. The van der Waals surface area contributed by atoms with Crippen LogP contribution >= 0.6 is 23.2 Å². The number of amides is 1. The average Bonchev–Trinajstić information content (AvgIpc) is 2.55. The maximum Gasteiger partial charge on any atom is 0.339 e. The summed E-state index contributed by atoms with van der Waals surface area (Å²) in [6.07, 6.45) is 0. The maximum atomic E-state index is 12.3. The Morgan fingerprint density at radius 1 is 1.04 bits per heavy atom. The zero-order valence-corrected chi connectivity index (χ0v) is 13.5. The van der Waals surface area contributed by atoms with Crippen molar-refractivity contribution in [2.24, 2.45) is 0 Å². The molecule has 118 valence electrons. The number of esters is 1. The number of carbonyl (C=O) groups is 3. The Labute approximate surface area is 142 Å². The summed E-state index contributed by atoms with van der Waals surface area (Å²) >= 11 is 11.3. The fraction of sp³-hybridized carbons (Fsp3) is 0.0625. The van der Waals surface area contributed by atoms with Gasteiger partial charge in [-0.25, -0.2) is 4.79 Å². The molecule has 0 fully saturated rings. The Balaban J connectivity index is 2.69. The predicted molar refractivity (Wildman–Crippen MR) is 87.2 cm³/mol. The van der Waals surface area contributed by atoms with Gasteiger partial charge < -0.3 is 4.74 Å². The summed E-state index contributed by atoms with van der Waals surface area (Å²) in [7, 11) is 1.21. The van der Waals surface area contributed by atoms with E-state index in [2.05, 4.69) is 0 Å². The molecule has 0 heterocycles. The molecule has 2 rings (SSSR count). The SMILES string of the molecule is COC(=O)c1ccc(Cl)cc1N(C(=O)C(=O)Cl)c1ccccc1. The summed E-state index contributed by atoms with van der Waals surface area (Å²) in [5, 5.41) is -0.909. The molecule has 0 aromatic heterocycles. The van der Waals surface area contributed by atoms with Gasteiger partial charge in [0.05, 0.1) is 18.4 Å². The van der Waals surface area contributed by atoms with E-state index in [1.54, 1.807) is 30.3 Å². The number of hydrogen-bond donors (Lipinski definition) is 0. The van der Waals surface area contributed by atoms with Gasteiger partial charge in [0, 0.05) is 10.7 Å². The molecule has 0 atom stereocenters. The minimum absolute atomic E-state index is 0.0759. The van der Waals surface area contributed by atoms with E-state index in [0.717, 1.165) is 4.90 Å². The molecular formula is C16H11Cl2NO4. The highest BCUT2D eigenvalue weighted by molar-refractivity contribution is 6.82. The number of halogens is 2. The lowest BCUT2D eigenvalue weighted by atomic mass is 10.1. The number of para-hydroxylation sites is 1. The first-order chi connectivity index (χ1) is 11.0. The molecule has 2 aromatic carbocycles. The molecule has 7 heteroatoms. The van der Waals surface area contributed by atoms with Gasteiger partial charge in [-0.2, -0.15) is 0 Å². The van der Waals surface area contributed by atoms with E-state index in [4.69, 9.17) is 27.9 Å². The van der Waals surface area contributed by atoms with E-state index in [1.807, 2.05) is 0 Å². The molecule has 0 N–H and O–H groups in total. The normalized spacial score (nSPS) is 10.0. The van der Waals surface area contributed by atoms with Crippen molar-refractivity contribution in [3.8, 4) is 0 Å². The number of carbonyl (C=O) groups excluding carboxylic acids is 3. The van der Waals surface area contributed by atoms with Crippen LogP contribution in [0.1, 0.15) is 10.4 Å². The van der Waals surface area contributed by atoms with Crippen LogP contribution in [0.5, 0.6) is 0 Å². The van der Waals surface area contributed by atoms with Gasteiger partial charge in [-0.15, -0.1) is 0 Å². The third-order valence-corrected chi connectivity index (χ3v) is 3.39. The first kappa shape index (κ1) is 17.0. The lowest BCUT2D eigenvalue weighted by Crippen LogP contribution is -2.31. The smallest absolute Gasteiger partial charge is 0.339 e. The number of hydrogen-bond acceptors (Lipinski definition) is 4. The molecular weight excluding hydrogens is 341 g/mol. The first-order valence-electron chi connectivity index (χ1n) is 6.42. The van der Waals surface area contributed by atoms with Crippen molar-refractivity contribution in [3.05, 3.63) is 59.1 Å². The Kier molecular flexibility index (Phi) is 5.36. The first-order valence-corrected chi connectivity index (χ1v) is 7.18. The average molecular weight is 352 g/mol. The van der Waals surface area contributed by atoms with Crippen molar-refractivity contribution in [2.45, 2.75) is 0 Å². The van der Waals surface area contributed by atoms with Crippen LogP contribution < -0.4 is 4.90 Å². The van der Waals surface area contributed by atoms with Gasteiger partial charge in [0.2, 0.25) is 0 Å². The summed E-state index contributed by atoms with van der Waals surface area (Å²) in [5.74, 6) is -1.68. The highest BCUT2D eigenvalue weighted by Crippen LogP contribution is 2.32. The van der Waals surface area contributed by atoms with E-state index >= 15 is 0 Å². The van der Waals surface area contributed by atoms with Crippen LogP contribution in [0.2, 0.25) is 5.02 Å². The van der Waals surface area contributed by atoms with Crippen LogP contribution in [-0.2, 0) is 14.3 Å². The van der Waals surface area contributed by atoms with Crippen molar-refractivity contribution in [1.82, 2.24) is 0 Å². The van der Waals surface area contributed by atoms with Gasteiger partial charge in [-0.1, -0.05) is 29.8 Å². The molecule has 0 saturated heterocycles. The van der Waals surface area contributed by atoms with Crippen LogP contribution in [0.3, 0.4) is 0 Å². The molecule has 0 spiro atoms. The third kappa shape index (κ3) is 3.70. The van der Waals surface area contributed by atoms with Crippen molar-refractivity contribution in [1.29, 1.82) is 0 Å². The van der Waals surface area contributed by atoms with E-state index in [-0.39, 0.29) is 16.3 Å². The zero-order valence-electron chi connectivity index (χ0n) is 12.0. The quantitative estimate of drug-likeness (QED) is 0.480. The van der Waals surface area contributed by atoms with Gasteiger partial charge >= 0.3 is 17.1 Å². The van der Waals surface area contributed by atoms with Crippen molar-refractivity contribution in [2.75, 3.05) is 12.0 Å². The van der Waals surface area contributed by atoms with Gasteiger partial charge in [0.1, 0.15) is 0 Å². The zero-order chi connectivity index (χ0) is 17.0. The van der Waals surface area contributed by atoms with E-state index in [0.29, 0.717) is 5.69 Å². The molecule has 23 heavy (non-hydrogen) atoms. The lowest BCUT2D eigenvalue weighted by molar-refractivity contribution is -0.131. The fourth-order valence-corrected chi connectivity index (χ4v) is 2.25. The summed E-state index contributed by atoms with van der Waals surface area (Å²) < 4.78 is 4.71. The van der Waals surface area contributed by atoms with Gasteiger partial charge in [-0.3, -0.25) is 14.5 Å². The second-order valence-corrected chi connectivity index (χ2v) is 5.18. The summed E-state index contributed by atoms with van der Waals surface area (Å²) in [6, 6.07) is 12.6. The Hall–Kier alpha value is -2.37. The minimum atomic E-state index is -1.19. The molecule has 0 aliphatic rings. The summed E-state index contributed by atoms with van der Waals surface area (Å²) in [4.78, 5) is 36.6. The number of ether oxygens (including phenoxy) is 1. The Bertz CT molecular complexity index is 762. The van der Waals surface area contributed by atoms with Crippen LogP contribution in [0.15, 0.2) is 48.5 Å². The molecule has 0 aliphatic carbocycles. The second kappa shape index (κ2) is 7.26. The summed E-state index contributed by atoms with van der Waals surface area (Å²) in [5.41, 5.74) is 0.542. The molecule has 0 aliphatic heterocycles. The highest BCUT2D eigenvalue weighted by Gasteiger charge is 2.27. The molecule has 0 radical (unpaired) electrons. The van der Waals surface area contributed by atoms with E-state index in [9.17, 15) is 14.4 Å². The molecule has 0 saturated carbocycles. The minimum Gasteiger partial charge on any atom is -0.465 e. The van der Waals surface area contributed by atoms with Gasteiger partial charge in [-0.05, 0) is 41.9 Å². The Morgan fingerprint density at radius 2 is 1.70 bits per heavy atom. The molecule has 0 unspecified atom stereocenters. The predicted octanol–water partition coefficient (Wildman–Crippen LogP) is 3.56. The van der Waals surface area contributed by atoms with E-state index in [1.165, 1.54) is 25.3 Å². The molecule has 2 aromatic rings. The van der Waals surface area contributed by atoms with Crippen LogP contribution in [0.25, 0.3) is 0 Å². The van der Waals surface area contributed by atoms with Crippen molar-refractivity contribution >= 4 is 51.7 Å². The standard InChI is InChI=1S/C16H11Cl2NO4/c1-23-16(22)12-8-7-10(17)9-13(12)19(15(21)14(18)20)11-5-3-2-4-6-11/h2-9H,1H3. The fourth-order valence-electron chi connectivity index (χ4n) is 2.00. The monoisotopic (exact) mass is 351 g/mol.